The van der Waals surface area contributed by atoms with Crippen LogP contribution in [0.15, 0.2) is 16.5 Å². The molecule has 0 bridgehead atoms. The molecule has 4 heteroatoms. The van der Waals surface area contributed by atoms with E-state index in [0.717, 1.165) is 12.2 Å². The molecule has 3 rings (SSSR count). The largest absolute Gasteiger partial charge is 0.465 e. The van der Waals surface area contributed by atoms with Gasteiger partial charge in [-0.2, -0.15) is 0 Å². The lowest BCUT2D eigenvalue weighted by Crippen LogP contribution is -2.53. The molecule has 0 aliphatic heterocycles. The van der Waals surface area contributed by atoms with Crippen molar-refractivity contribution in [3.05, 3.63) is 23.7 Å². The fraction of sp³-hybridized carbons (Fsp3) is 0.692. The number of rotatable bonds is 3. The van der Waals surface area contributed by atoms with Crippen molar-refractivity contribution in [2.45, 2.75) is 43.4 Å². The molecule has 0 saturated heterocycles. The van der Waals surface area contributed by atoms with Gasteiger partial charge < -0.3 is 10.2 Å². The Bertz CT molecular complexity index is 432. The summed E-state index contributed by atoms with van der Waals surface area (Å²) in [5.74, 6) is 0.166. The van der Waals surface area contributed by atoms with E-state index in [9.17, 15) is 8.78 Å². The van der Waals surface area contributed by atoms with Crippen LogP contribution >= 0.6 is 0 Å². The highest BCUT2D eigenvalue weighted by molar-refractivity contribution is 5.27. The predicted molar refractivity (Wildman–Crippen MR) is 60.1 cm³/mol. The molecule has 0 amide bonds. The average Bonchev–Trinajstić information content (AvgIpc) is 2.79. The lowest BCUT2D eigenvalue weighted by molar-refractivity contribution is -0.129. The van der Waals surface area contributed by atoms with Crippen LogP contribution in [-0.2, 0) is 5.41 Å². The van der Waals surface area contributed by atoms with Crippen molar-refractivity contribution in [2.24, 2.45) is 11.7 Å². The lowest BCUT2D eigenvalue weighted by atomic mass is 9.64. The van der Waals surface area contributed by atoms with Gasteiger partial charge in [0.15, 0.2) is 0 Å². The van der Waals surface area contributed by atoms with Crippen molar-refractivity contribution >= 4 is 0 Å². The van der Waals surface area contributed by atoms with Crippen LogP contribution in [0.4, 0.5) is 8.78 Å². The molecule has 1 aromatic heterocycles. The fourth-order valence-electron chi connectivity index (χ4n) is 2.91. The summed E-state index contributed by atoms with van der Waals surface area (Å²) in [5.41, 5.74) is 5.03. The van der Waals surface area contributed by atoms with Crippen molar-refractivity contribution in [3.63, 3.8) is 0 Å². The zero-order valence-electron chi connectivity index (χ0n) is 9.88. The number of halogens is 2. The van der Waals surface area contributed by atoms with Crippen molar-refractivity contribution < 1.29 is 13.2 Å². The average molecular weight is 241 g/mol. The summed E-state index contributed by atoms with van der Waals surface area (Å²) in [5, 5.41) is 0. The molecule has 2 unspecified atom stereocenters. The molecule has 2 aliphatic carbocycles. The van der Waals surface area contributed by atoms with Crippen LogP contribution in [0.3, 0.4) is 0 Å². The van der Waals surface area contributed by atoms with Crippen molar-refractivity contribution in [2.75, 3.05) is 6.54 Å². The summed E-state index contributed by atoms with van der Waals surface area (Å²) in [6.07, 6.45) is 0.784. The Morgan fingerprint density at radius 1 is 1.41 bits per heavy atom. The Balaban J connectivity index is 1.81. The lowest BCUT2D eigenvalue weighted by Gasteiger charge is -2.45. The van der Waals surface area contributed by atoms with Crippen LogP contribution in [-0.4, -0.2) is 12.5 Å². The monoisotopic (exact) mass is 241 g/mol. The normalized spacial score (nSPS) is 33.2. The predicted octanol–water partition coefficient (Wildman–Crippen LogP) is 3.03. The minimum atomic E-state index is -2.57. The van der Waals surface area contributed by atoms with Gasteiger partial charge in [0.2, 0.25) is 5.92 Å². The van der Waals surface area contributed by atoms with Gasteiger partial charge in [-0.15, -0.1) is 0 Å². The molecular formula is C13H17F2NO. The van der Waals surface area contributed by atoms with Gasteiger partial charge >= 0.3 is 0 Å². The Morgan fingerprint density at radius 2 is 2.06 bits per heavy atom. The summed E-state index contributed by atoms with van der Waals surface area (Å²) in [6.45, 7) is 2.40. The molecule has 0 radical (unpaired) electrons. The van der Waals surface area contributed by atoms with Crippen LogP contribution in [0.5, 0.6) is 0 Å². The standard InChI is InChI=1S/C13H17F2NO/c1-8-4-9(8)10-2-3-11(17-10)12(7-16)5-13(14,15)6-12/h2-3,8-9H,4-7,16H2,1H3. The molecule has 0 aromatic carbocycles. The summed E-state index contributed by atoms with van der Waals surface area (Å²) < 4.78 is 31.9. The van der Waals surface area contributed by atoms with Gasteiger partial charge in [-0.25, -0.2) is 8.78 Å². The smallest absolute Gasteiger partial charge is 0.250 e. The summed E-state index contributed by atoms with van der Waals surface area (Å²) in [6, 6.07) is 3.76. The highest BCUT2D eigenvalue weighted by Crippen LogP contribution is 2.54. The highest BCUT2D eigenvalue weighted by atomic mass is 19.3. The third kappa shape index (κ3) is 1.69. The maximum Gasteiger partial charge on any atom is 0.250 e. The first kappa shape index (κ1) is 11.2. The van der Waals surface area contributed by atoms with Crippen LogP contribution in [0.25, 0.3) is 0 Å². The quantitative estimate of drug-likeness (QED) is 0.883. The van der Waals surface area contributed by atoms with E-state index in [2.05, 4.69) is 6.92 Å². The summed E-state index contributed by atoms with van der Waals surface area (Å²) in [7, 11) is 0. The third-order valence-electron chi connectivity index (χ3n) is 4.21. The van der Waals surface area contributed by atoms with Crippen LogP contribution in [0.2, 0.25) is 0 Å². The van der Waals surface area contributed by atoms with Gasteiger partial charge in [-0.3, -0.25) is 0 Å². The number of furan rings is 1. The molecule has 2 atom stereocenters. The van der Waals surface area contributed by atoms with E-state index in [-0.39, 0.29) is 19.4 Å². The van der Waals surface area contributed by atoms with E-state index in [1.165, 1.54) is 0 Å². The Labute approximate surface area is 99.2 Å². The minimum Gasteiger partial charge on any atom is -0.465 e. The first-order chi connectivity index (χ1) is 7.96. The number of hydrogen-bond donors (Lipinski definition) is 1. The van der Waals surface area contributed by atoms with E-state index in [1.807, 2.05) is 12.1 Å². The topological polar surface area (TPSA) is 39.2 Å². The first-order valence-electron chi connectivity index (χ1n) is 6.14. The fourth-order valence-corrected chi connectivity index (χ4v) is 2.91. The van der Waals surface area contributed by atoms with Gasteiger partial charge in [-0.1, -0.05) is 6.92 Å². The van der Waals surface area contributed by atoms with Crippen LogP contribution < -0.4 is 5.73 Å². The molecule has 2 saturated carbocycles. The molecule has 94 valence electrons. The molecule has 0 spiro atoms. The molecule has 2 fully saturated rings. The van der Waals surface area contributed by atoms with Gasteiger partial charge in [-0.05, 0) is 24.5 Å². The second-order valence-corrected chi connectivity index (χ2v) is 5.72. The minimum absolute atomic E-state index is 0.177. The van der Waals surface area contributed by atoms with E-state index < -0.39 is 11.3 Å². The maximum atomic E-state index is 13.0. The molecule has 2 aliphatic rings. The molecule has 2 N–H and O–H groups in total. The zero-order chi connectivity index (χ0) is 12.3. The van der Waals surface area contributed by atoms with Gasteiger partial charge in [0.1, 0.15) is 11.5 Å². The van der Waals surface area contributed by atoms with Crippen molar-refractivity contribution in [1.29, 1.82) is 0 Å². The van der Waals surface area contributed by atoms with Crippen molar-refractivity contribution in [3.8, 4) is 0 Å². The second kappa shape index (κ2) is 3.31. The maximum absolute atomic E-state index is 13.0. The van der Waals surface area contributed by atoms with E-state index in [0.29, 0.717) is 17.6 Å². The number of hydrogen-bond acceptors (Lipinski definition) is 2. The Hall–Kier alpha value is -0.900. The van der Waals surface area contributed by atoms with Crippen LogP contribution in [0.1, 0.15) is 43.6 Å². The van der Waals surface area contributed by atoms with Crippen LogP contribution in [0, 0.1) is 5.92 Å². The zero-order valence-corrected chi connectivity index (χ0v) is 9.88. The Morgan fingerprint density at radius 3 is 2.53 bits per heavy atom. The van der Waals surface area contributed by atoms with Crippen molar-refractivity contribution in [1.82, 2.24) is 0 Å². The van der Waals surface area contributed by atoms with Gasteiger partial charge in [0, 0.05) is 25.3 Å². The van der Waals surface area contributed by atoms with E-state index >= 15 is 0 Å². The molecule has 1 aromatic rings. The molecule has 2 nitrogen and oxygen atoms in total. The summed E-state index contributed by atoms with van der Waals surface area (Å²) in [4.78, 5) is 0. The molecule has 17 heavy (non-hydrogen) atoms. The first-order valence-corrected chi connectivity index (χ1v) is 6.14. The SMILES string of the molecule is CC1CC1c1ccc(C2(CN)CC(F)(F)C2)o1. The van der Waals surface area contributed by atoms with Gasteiger partial charge in [0.25, 0.3) is 0 Å². The molecular weight excluding hydrogens is 224 g/mol. The van der Waals surface area contributed by atoms with E-state index in [4.69, 9.17) is 10.2 Å². The second-order valence-electron chi connectivity index (χ2n) is 5.72. The molecule has 1 heterocycles. The Kier molecular flexibility index (Phi) is 2.18. The third-order valence-corrected chi connectivity index (χ3v) is 4.21. The summed E-state index contributed by atoms with van der Waals surface area (Å²) >= 11 is 0. The highest BCUT2D eigenvalue weighted by Gasteiger charge is 2.58. The number of alkyl halides is 2. The van der Waals surface area contributed by atoms with E-state index in [1.54, 1.807) is 0 Å². The number of nitrogens with two attached hydrogens (primary N) is 1. The van der Waals surface area contributed by atoms with Gasteiger partial charge in [0.05, 0.1) is 5.41 Å².